The van der Waals surface area contributed by atoms with Crippen LogP contribution in [-0.2, 0) is 20.6 Å². The maximum absolute atomic E-state index is 12.8. The van der Waals surface area contributed by atoms with Gasteiger partial charge in [0, 0.05) is 57.5 Å². The third kappa shape index (κ3) is 8.54. The van der Waals surface area contributed by atoms with E-state index >= 15 is 0 Å². The molecule has 14 heteroatoms. The molecular weight excluding hydrogens is 496 g/mol. The van der Waals surface area contributed by atoms with Gasteiger partial charge in [-0.05, 0) is 30.7 Å². The number of nitrogens with two attached hydrogens (primary N) is 1. The highest BCUT2D eigenvalue weighted by atomic mass is 32.2. The highest BCUT2D eigenvalue weighted by molar-refractivity contribution is 7.82. The van der Waals surface area contributed by atoms with E-state index < -0.39 is 23.1 Å². The summed E-state index contributed by atoms with van der Waals surface area (Å²) in [5.74, 6) is -1.10. The summed E-state index contributed by atoms with van der Waals surface area (Å²) in [6.45, 7) is 5.00. The molecule has 1 aromatic heterocycles. The summed E-state index contributed by atoms with van der Waals surface area (Å²) in [5.41, 5.74) is 5.73. The van der Waals surface area contributed by atoms with Crippen LogP contribution in [-0.4, -0.2) is 80.9 Å². The summed E-state index contributed by atoms with van der Waals surface area (Å²) in [6, 6.07) is 3.36. The van der Waals surface area contributed by atoms with E-state index in [1.165, 1.54) is 6.20 Å². The number of aliphatic carboxylic acids is 1. The van der Waals surface area contributed by atoms with Crippen LogP contribution in [0, 0.1) is 11.8 Å². The Morgan fingerprint density at radius 2 is 1.86 bits per heavy atom. The molecular formula is C21H28F4N4O5S. The summed E-state index contributed by atoms with van der Waals surface area (Å²) in [5, 5.41) is 7.12. The Bertz CT molecular complexity index is 915. The lowest BCUT2D eigenvalue weighted by atomic mass is 9.80. The van der Waals surface area contributed by atoms with Gasteiger partial charge in [-0.25, -0.2) is 22.7 Å². The van der Waals surface area contributed by atoms with Crippen LogP contribution in [0.25, 0.3) is 0 Å². The van der Waals surface area contributed by atoms with Crippen LogP contribution in [0.5, 0.6) is 5.88 Å². The zero-order chi connectivity index (χ0) is 26.2. The van der Waals surface area contributed by atoms with Crippen molar-refractivity contribution in [3.8, 4) is 5.88 Å². The van der Waals surface area contributed by atoms with Gasteiger partial charge in [0.1, 0.15) is 17.6 Å². The van der Waals surface area contributed by atoms with E-state index in [2.05, 4.69) is 4.98 Å². The summed E-state index contributed by atoms with van der Waals surface area (Å²) in [4.78, 5) is 26.9. The van der Waals surface area contributed by atoms with E-state index in [4.69, 9.17) is 20.4 Å². The normalized spacial score (nSPS) is 18.8. The van der Waals surface area contributed by atoms with E-state index in [0.29, 0.717) is 34.5 Å². The Hall–Kier alpha value is -2.58. The van der Waals surface area contributed by atoms with E-state index in [-0.39, 0.29) is 19.1 Å². The molecule has 3 N–H and O–H groups in total. The number of carbonyl (C=O) groups is 2. The molecule has 0 radical (unpaired) electrons. The number of ether oxygens (including phenoxy) is 1. The number of carboxylic acid groups (broad SMARTS) is 1. The summed E-state index contributed by atoms with van der Waals surface area (Å²) in [6.07, 6.45) is -1.12. The van der Waals surface area contributed by atoms with E-state index in [9.17, 15) is 26.6 Å². The molecule has 35 heavy (non-hydrogen) atoms. The van der Waals surface area contributed by atoms with Crippen LogP contribution >= 0.6 is 0 Å². The molecule has 2 aliphatic heterocycles. The topological polar surface area (TPSA) is 126 Å². The van der Waals surface area contributed by atoms with Gasteiger partial charge in [0.25, 0.3) is 0 Å². The number of pyridine rings is 1. The van der Waals surface area contributed by atoms with Gasteiger partial charge in [-0.15, -0.1) is 0 Å². The molecule has 3 rings (SSSR count). The van der Waals surface area contributed by atoms with Gasteiger partial charge in [0.2, 0.25) is 11.8 Å². The number of aromatic nitrogens is 1. The molecule has 1 atom stereocenters. The average molecular weight is 525 g/mol. The van der Waals surface area contributed by atoms with Crippen molar-refractivity contribution >= 4 is 22.9 Å². The predicted octanol–water partition coefficient (Wildman–Crippen LogP) is 2.12. The van der Waals surface area contributed by atoms with Crippen molar-refractivity contribution in [2.75, 3.05) is 39.3 Å². The lowest BCUT2D eigenvalue weighted by Crippen LogP contribution is -2.53. The molecule has 0 spiro atoms. The molecule has 0 saturated carbocycles. The first kappa shape index (κ1) is 28.7. The maximum Gasteiger partial charge on any atom is 0.490 e. The van der Waals surface area contributed by atoms with Gasteiger partial charge in [0.15, 0.2) is 0 Å². The fourth-order valence-electron chi connectivity index (χ4n) is 3.59. The molecule has 9 nitrogen and oxygen atoms in total. The van der Waals surface area contributed by atoms with Crippen molar-refractivity contribution in [2.45, 2.75) is 30.8 Å². The Morgan fingerprint density at radius 1 is 1.26 bits per heavy atom. The Kier molecular flexibility index (Phi) is 10.6. The van der Waals surface area contributed by atoms with Gasteiger partial charge in [-0.1, -0.05) is 0 Å². The molecule has 2 fully saturated rings. The molecule has 1 amide bonds. The van der Waals surface area contributed by atoms with Crippen LogP contribution in [0.15, 0.2) is 35.1 Å². The van der Waals surface area contributed by atoms with Gasteiger partial charge in [0.05, 0.1) is 11.2 Å². The van der Waals surface area contributed by atoms with Crippen LogP contribution < -0.4 is 10.5 Å². The minimum absolute atomic E-state index is 0.0399. The number of carboxylic acids is 1. The summed E-state index contributed by atoms with van der Waals surface area (Å²) >= 11 is 0. The number of alkyl halides is 3. The first-order valence-corrected chi connectivity index (χ1v) is 11.9. The number of halogens is 4. The van der Waals surface area contributed by atoms with E-state index in [0.717, 1.165) is 39.0 Å². The van der Waals surface area contributed by atoms with Crippen LogP contribution in [0.1, 0.15) is 19.8 Å². The zero-order valence-corrected chi connectivity index (χ0v) is 19.9. The third-order valence-corrected chi connectivity index (χ3v) is 7.21. The smallest absolute Gasteiger partial charge is 0.475 e. The van der Waals surface area contributed by atoms with Crippen LogP contribution in [0.3, 0.4) is 0 Å². The average Bonchev–Trinajstić information content (AvgIpc) is 2.79. The monoisotopic (exact) mass is 524 g/mol. The maximum atomic E-state index is 12.8. The van der Waals surface area contributed by atoms with Crippen molar-refractivity contribution in [1.29, 1.82) is 0 Å². The van der Waals surface area contributed by atoms with Gasteiger partial charge in [-0.3, -0.25) is 4.79 Å². The largest absolute Gasteiger partial charge is 0.490 e. The second kappa shape index (κ2) is 12.9. The Balaban J connectivity index is 0.000000540. The van der Waals surface area contributed by atoms with Crippen LogP contribution in [0.2, 0.25) is 0 Å². The van der Waals surface area contributed by atoms with E-state index in [1.807, 2.05) is 9.21 Å². The minimum Gasteiger partial charge on any atom is -0.475 e. The SMILES string of the molecule is CC(=O)N1CC(C2CCN(S(=O)c3ccc(OC/C(=C\F)CN)nc3)CC2)C1.O=C(O)C(F)(F)F. The number of amides is 1. The van der Waals surface area contributed by atoms with Crippen molar-refractivity contribution in [3.05, 3.63) is 30.2 Å². The van der Waals surface area contributed by atoms with Crippen molar-refractivity contribution in [3.63, 3.8) is 0 Å². The number of hydrogen-bond acceptors (Lipinski definition) is 6. The number of carbonyl (C=O) groups excluding carboxylic acids is 1. The van der Waals surface area contributed by atoms with Gasteiger partial charge < -0.3 is 20.5 Å². The summed E-state index contributed by atoms with van der Waals surface area (Å²) in [7, 11) is -1.26. The van der Waals surface area contributed by atoms with E-state index in [1.54, 1.807) is 19.1 Å². The zero-order valence-electron chi connectivity index (χ0n) is 19.0. The molecule has 196 valence electrons. The molecule has 1 unspecified atom stereocenters. The molecule has 2 aliphatic rings. The molecule has 0 aliphatic carbocycles. The van der Waals surface area contributed by atoms with Crippen molar-refractivity contribution < 1.29 is 41.2 Å². The van der Waals surface area contributed by atoms with Gasteiger partial charge >= 0.3 is 12.1 Å². The quantitative estimate of drug-likeness (QED) is 0.524. The molecule has 3 heterocycles. The first-order valence-electron chi connectivity index (χ1n) is 10.8. The number of hydrogen-bond donors (Lipinski definition) is 2. The number of likely N-dealkylation sites (tertiary alicyclic amines) is 1. The van der Waals surface area contributed by atoms with Crippen molar-refractivity contribution in [2.24, 2.45) is 17.6 Å². The lowest BCUT2D eigenvalue weighted by Gasteiger charge is -2.45. The molecule has 2 saturated heterocycles. The number of rotatable bonds is 7. The highest BCUT2D eigenvalue weighted by Gasteiger charge is 2.38. The Labute approximate surface area is 202 Å². The first-order chi connectivity index (χ1) is 16.5. The van der Waals surface area contributed by atoms with Crippen molar-refractivity contribution in [1.82, 2.24) is 14.2 Å². The summed E-state index contributed by atoms with van der Waals surface area (Å²) < 4.78 is 64.4. The lowest BCUT2D eigenvalue weighted by molar-refractivity contribution is -0.192. The fraction of sp³-hybridized carbons (Fsp3) is 0.571. The Morgan fingerprint density at radius 3 is 2.29 bits per heavy atom. The number of nitrogens with zero attached hydrogens (tertiary/aromatic N) is 3. The molecule has 0 bridgehead atoms. The second-order valence-corrected chi connectivity index (χ2v) is 9.58. The van der Waals surface area contributed by atoms with Crippen LogP contribution in [0.4, 0.5) is 17.6 Å². The van der Waals surface area contributed by atoms with Gasteiger partial charge in [-0.2, -0.15) is 13.2 Å². The molecule has 1 aromatic rings. The third-order valence-electron chi connectivity index (χ3n) is 5.73. The molecule has 0 aromatic carbocycles. The number of piperidine rings is 1. The standard InChI is InChI=1S/C19H27FN4O3S.C2HF3O2/c1-14(25)23-11-17(12-23)16-4-6-24(7-5-16)28(26)18-2-3-19(22-10-18)27-13-15(8-20)9-21;3-2(4,5)1(6)7/h2-3,8,10,16-17H,4-7,9,11-13,21H2,1H3;(H,6,7)/b15-8-;. The predicted molar refractivity (Wildman–Crippen MR) is 118 cm³/mol. The highest BCUT2D eigenvalue weighted by Crippen LogP contribution is 2.32. The minimum atomic E-state index is -5.08. The second-order valence-electron chi connectivity index (χ2n) is 8.09. The fourth-order valence-corrected chi connectivity index (χ4v) is 4.75.